The Kier molecular flexibility index (Phi) is 8.23. The first-order valence-corrected chi connectivity index (χ1v) is 8.28. The van der Waals surface area contributed by atoms with E-state index in [2.05, 4.69) is 0 Å². The van der Waals surface area contributed by atoms with Gasteiger partial charge in [-0.1, -0.05) is 23.7 Å². The predicted octanol–water partition coefficient (Wildman–Crippen LogP) is 2.98. The van der Waals surface area contributed by atoms with Crippen molar-refractivity contribution in [2.75, 3.05) is 26.0 Å². The minimum absolute atomic E-state index is 0.0123. The molecule has 0 fully saturated rings. The van der Waals surface area contributed by atoms with Crippen LogP contribution in [0.1, 0.15) is 18.9 Å². The van der Waals surface area contributed by atoms with Crippen LogP contribution in [0.5, 0.6) is 0 Å². The Balaban J connectivity index is 2.23. The Hall–Kier alpha value is -1.20. The molecule has 21 heavy (non-hydrogen) atoms. The molecule has 0 N–H and O–H groups in total. The van der Waals surface area contributed by atoms with Crippen molar-refractivity contribution < 1.29 is 14.3 Å². The number of thioether (sulfide) groups is 1. The molecule has 0 spiro atoms. The summed E-state index contributed by atoms with van der Waals surface area (Å²) in [6.45, 7) is 2.52. The van der Waals surface area contributed by atoms with Crippen molar-refractivity contribution in [3.63, 3.8) is 0 Å². The first kappa shape index (κ1) is 17.9. The molecule has 0 heterocycles. The Morgan fingerprint density at radius 3 is 2.57 bits per heavy atom. The highest BCUT2D eigenvalue weighted by Gasteiger charge is 2.11. The maximum absolute atomic E-state index is 11.9. The molecule has 0 atom stereocenters. The summed E-state index contributed by atoms with van der Waals surface area (Å²) in [6, 6.07) is 7.57. The number of esters is 1. The van der Waals surface area contributed by atoms with Crippen molar-refractivity contribution in [3.8, 4) is 0 Å². The first-order chi connectivity index (χ1) is 10.0. The highest BCUT2D eigenvalue weighted by Crippen LogP contribution is 2.15. The number of rotatable bonds is 8. The standard InChI is InChI=1S/C15H20ClNO3S/c1-3-20-15(19)8-9-17(2)14(18)11-21-10-12-4-6-13(16)7-5-12/h4-7H,3,8-11H2,1-2H3. The summed E-state index contributed by atoms with van der Waals surface area (Å²) in [6.07, 6.45) is 0.234. The van der Waals surface area contributed by atoms with E-state index in [0.717, 1.165) is 11.3 Å². The van der Waals surface area contributed by atoms with E-state index in [0.29, 0.717) is 23.9 Å². The quantitative estimate of drug-likeness (QED) is 0.688. The van der Waals surface area contributed by atoms with Gasteiger partial charge in [0.2, 0.25) is 5.91 Å². The van der Waals surface area contributed by atoms with Crippen molar-refractivity contribution >= 4 is 35.2 Å². The van der Waals surface area contributed by atoms with E-state index >= 15 is 0 Å². The van der Waals surface area contributed by atoms with Crippen LogP contribution in [0.3, 0.4) is 0 Å². The zero-order valence-electron chi connectivity index (χ0n) is 12.3. The van der Waals surface area contributed by atoms with Crippen LogP contribution in [0.25, 0.3) is 0 Å². The van der Waals surface area contributed by atoms with Crippen LogP contribution in [0, 0.1) is 0 Å². The molecule has 116 valence electrons. The van der Waals surface area contributed by atoms with Gasteiger partial charge in [0.05, 0.1) is 18.8 Å². The van der Waals surface area contributed by atoms with Crippen molar-refractivity contribution in [1.82, 2.24) is 4.90 Å². The van der Waals surface area contributed by atoms with Crippen LogP contribution in [-0.4, -0.2) is 42.7 Å². The number of benzene rings is 1. The van der Waals surface area contributed by atoms with Crippen molar-refractivity contribution in [3.05, 3.63) is 34.9 Å². The number of halogens is 1. The second-order valence-corrected chi connectivity index (χ2v) is 5.91. The molecule has 0 saturated carbocycles. The number of hydrogen-bond donors (Lipinski definition) is 0. The summed E-state index contributed by atoms with van der Waals surface area (Å²) in [5, 5.41) is 0.707. The molecule has 1 aromatic carbocycles. The topological polar surface area (TPSA) is 46.6 Å². The maximum Gasteiger partial charge on any atom is 0.307 e. The summed E-state index contributed by atoms with van der Waals surface area (Å²) < 4.78 is 4.83. The van der Waals surface area contributed by atoms with Gasteiger partial charge in [0.1, 0.15) is 0 Å². The summed E-state index contributed by atoms with van der Waals surface area (Å²) >= 11 is 7.36. The van der Waals surface area contributed by atoms with Crippen LogP contribution < -0.4 is 0 Å². The minimum atomic E-state index is -0.272. The van der Waals surface area contributed by atoms with Crippen LogP contribution >= 0.6 is 23.4 Å². The molecular formula is C15H20ClNO3S. The molecule has 0 aliphatic rings. The maximum atomic E-state index is 11.9. The third-order valence-corrected chi connectivity index (χ3v) is 4.03. The fourth-order valence-corrected chi connectivity index (χ4v) is 2.62. The second kappa shape index (κ2) is 9.68. The van der Waals surface area contributed by atoms with Gasteiger partial charge in [-0.3, -0.25) is 9.59 Å². The predicted molar refractivity (Wildman–Crippen MR) is 86.5 cm³/mol. The molecule has 0 unspecified atom stereocenters. The summed E-state index contributed by atoms with van der Waals surface area (Å²) in [5.74, 6) is 0.889. The molecule has 1 amide bonds. The zero-order valence-corrected chi connectivity index (χ0v) is 13.9. The summed E-state index contributed by atoms with van der Waals surface area (Å²) in [7, 11) is 1.70. The molecule has 0 bridgehead atoms. The normalized spacial score (nSPS) is 10.2. The molecule has 0 radical (unpaired) electrons. The largest absolute Gasteiger partial charge is 0.466 e. The van der Waals surface area contributed by atoms with Gasteiger partial charge >= 0.3 is 5.97 Å². The molecule has 0 saturated heterocycles. The SMILES string of the molecule is CCOC(=O)CCN(C)C(=O)CSCc1ccc(Cl)cc1. The van der Waals surface area contributed by atoms with E-state index in [4.69, 9.17) is 16.3 Å². The number of carbonyl (C=O) groups is 2. The number of amides is 1. The number of nitrogens with zero attached hydrogens (tertiary/aromatic N) is 1. The molecule has 0 aromatic heterocycles. The molecule has 0 aliphatic carbocycles. The van der Waals surface area contributed by atoms with E-state index < -0.39 is 0 Å². The van der Waals surface area contributed by atoms with Gasteiger partial charge in [0.15, 0.2) is 0 Å². The van der Waals surface area contributed by atoms with Crippen molar-refractivity contribution in [2.24, 2.45) is 0 Å². The van der Waals surface area contributed by atoms with Crippen LogP contribution in [0.15, 0.2) is 24.3 Å². The molecule has 0 aliphatic heterocycles. The molecule has 4 nitrogen and oxygen atoms in total. The smallest absolute Gasteiger partial charge is 0.307 e. The van der Waals surface area contributed by atoms with Gasteiger partial charge in [-0.2, -0.15) is 0 Å². The van der Waals surface area contributed by atoms with Gasteiger partial charge in [0.25, 0.3) is 0 Å². The fraction of sp³-hybridized carbons (Fsp3) is 0.467. The Morgan fingerprint density at radius 1 is 1.29 bits per heavy atom. The molecular weight excluding hydrogens is 310 g/mol. The van der Waals surface area contributed by atoms with Gasteiger partial charge in [0, 0.05) is 24.4 Å². The summed E-state index contributed by atoms with van der Waals surface area (Å²) in [4.78, 5) is 24.7. The van der Waals surface area contributed by atoms with E-state index in [-0.39, 0.29) is 18.3 Å². The minimum Gasteiger partial charge on any atom is -0.466 e. The van der Waals surface area contributed by atoms with Gasteiger partial charge in [-0.15, -0.1) is 11.8 Å². The number of carbonyl (C=O) groups excluding carboxylic acids is 2. The number of ether oxygens (including phenoxy) is 1. The fourth-order valence-electron chi connectivity index (χ4n) is 1.56. The van der Waals surface area contributed by atoms with E-state index in [9.17, 15) is 9.59 Å². The Labute approximate surface area is 134 Å². The third kappa shape index (κ3) is 7.39. The van der Waals surface area contributed by atoms with E-state index in [1.54, 1.807) is 30.6 Å². The average Bonchev–Trinajstić information content (AvgIpc) is 2.47. The Morgan fingerprint density at radius 2 is 1.95 bits per heavy atom. The lowest BCUT2D eigenvalue weighted by molar-refractivity contribution is -0.143. The third-order valence-electron chi connectivity index (χ3n) is 2.79. The second-order valence-electron chi connectivity index (χ2n) is 4.49. The monoisotopic (exact) mass is 329 g/mol. The van der Waals surface area contributed by atoms with Gasteiger partial charge < -0.3 is 9.64 Å². The van der Waals surface area contributed by atoms with Crippen molar-refractivity contribution in [1.29, 1.82) is 0 Å². The Bertz CT molecular complexity index is 464. The first-order valence-electron chi connectivity index (χ1n) is 6.74. The highest BCUT2D eigenvalue weighted by molar-refractivity contribution is 7.99. The van der Waals surface area contributed by atoms with Gasteiger partial charge in [-0.25, -0.2) is 0 Å². The average molecular weight is 330 g/mol. The van der Waals surface area contributed by atoms with E-state index in [1.807, 2.05) is 24.3 Å². The van der Waals surface area contributed by atoms with Crippen LogP contribution in [0.4, 0.5) is 0 Å². The molecule has 1 rings (SSSR count). The van der Waals surface area contributed by atoms with Crippen LogP contribution in [-0.2, 0) is 20.1 Å². The highest BCUT2D eigenvalue weighted by atomic mass is 35.5. The molecule has 1 aromatic rings. The molecule has 6 heteroatoms. The van der Waals surface area contributed by atoms with Crippen molar-refractivity contribution in [2.45, 2.75) is 19.1 Å². The van der Waals surface area contributed by atoms with E-state index in [1.165, 1.54) is 0 Å². The lowest BCUT2D eigenvalue weighted by Gasteiger charge is -2.16. The lowest BCUT2D eigenvalue weighted by atomic mass is 10.2. The summed E-state index contributed by atoms with van der Waals surface area (Å²) in [5.41, 5.74) is 1.13. The van der Waals surface area contributed by atoms with Gasteiger partial charge in [-0.05, 0) is 24.6 Å². The van der Waals surface area contributed by atoms with Crippen LogP contribution in [0.2, 0.25) is 5.02 Å². The number of hydrogen-bond acceptors (Lipinski definition) is 4. The lowest BCUT2D eigenvalue weighted by Crippen LogP contribution is -2.30. The zero-order chi connectivity index (χ0) is 15.7.